The quantitative estimate of drug-likeness (QED) is 0.817. The maximum atomic E-state index is 11.8. The summed E-state index contributed by atoms with van der Waals surface area (Å²) in [6.45, 7) is 4.56. The Labute approximate surface area is 114 Å². The first-order chi connectivity index (χ1) is 9.10. The van der Waals surface area contributed by atoms with Gasteiger partial charge in [0.1, 0.15) is 5.75 Å². The van der Waals surface area contributed by atoms with E-state index in [1.54, 1.807) is 0 Å². The molecule has 104 valence electrons. The molecule has 3 N–H and O–H groups in total. The van der Waals surface area contributed by atoms with Crippen molar-refractivity contribution in [2.45, 2.75) is 32.7 Å². The van der Waals surface area contributed by atoms with Crippen molar-refractivity contribution in [3.8, 4) is 5.75 Å². The molecule has 1 aromatic rings. The van der Waals surface area contributed by atoms with Crippen LogP contribution in [-0.2, 0) is 4.79 Å². The molecule has 1 saturated carbocycles. The van der Waals surface area contributed by atoms with Crippen LogP contribution in [0.25, 0.3) is 0 Å². The van der Waals surface area contributed by atoms with Gasteiger partial charge in [0.2, 0.25) is 0 Å². The van der Waals surface area contributed by atoms with E-state index in [9.17, 15) is 4.79 Å². The number of amides is 1. The average molecular weight is 262 g/mol. The van der Waals surface area contributed by atoms with Gasteiger partial charge in [-0.15, -0.1) is 0 Å². The predicted octanol–water partition coefficient (Wildman–Crippen LogP) is 1.54. The lowest BCUT2D eigenvalue weighted by Gasteiger charge is -2.16. The number of hydrogen-bond donors (Lipinski definition) is 2. The second-order valence-electron chi connectivity index (χ2n) is 5.30. The molecule has 0 radical (unpaired) electrons. The van der Waals surface area contributed by atoms with Gasteiger partial charge in [0.05, 0.1) is 0 Å². The van der Waals surface area contributed by atoms with E-state index in [4.69, 9.17) is 10.5 Å². The van der Waals surface area contributed by atoms with Crippen LogP contribution >= 0.6 is 0 Å². The first kappa shape index (κ1) is 13.9. The van der Waals surface area contributed by atoms with Crippen molar-refractivity contribution in [1.29, 1.82) is 0 Å². The smallest absolute Gasteiger partial charge is 0.258 e. The molecule has 1 aromatic carbocycles. The zero-order valence-corrected chi connectivity index (χ0v) is 11.6. The topological polar surface area (TPSA) is 64.3 Å². The van der Waals surface area contributed by atoms with Crippen LogP contribution in [0.15, 0.2) is 18.2 Å². The maximum absolute atomic E-state index is 11.8. The third-order valence-corrected chi connectivity index (χ3v) is 3.48. The number of ether oxygens (including phenoxy) is 1. The van der Waals surface area contributed by atoms with Crippen LogP contribution in [0.1, 0.15) is 24.0 Å². The Balaban J connectivity index is 1.82. The molecule has 1 amide bonds. The molecule has 1 fully saturated rings. The fourth-order valence-corrected chi connectivity index (χ4v) is 2.22. The van der Waals surface area contributed by atoms with Crippen molar-refractivity contribution in [1.82, 2.24) is 5.32 Å². The van der Waals surface area contributed by atoms with E-state index in [2.05, 4.69) is 5.32 Å². The third kappa shape index (κ3) is 3.96. The van der Waals surface area contributed by atoms with Gasteiger partial charge in [-0.05, 0) is 44.2 Å². The van der Waals surface area contributed by atoms with E-state index in [0.717, 1.165) is 11.3 Å². The summed E-state index contributed by atoms with van der Waals surface area (Å²) in [4.78, 5) is 11.8. The Hall–Kier alpha value is -1.55. The molecular weight excluding hydrogens is 240 g/mol. The summed E-state index contributed by atoms with van der Waals surface area (Å²) in [5.41, 5.74) is 7.89. The minimum Gasteiger partial charge on any atom is -0.484 e. The molecule has 1 aliphatic rings. The lowest BCUT2D eigenvalue weighted by molar-refractivity contribution is -0.123. The van der Waals surface area contributed by atoms with Gasteiger partial charge in [-0.25, -0.2) is 0 Å². The summed E-state index contributed by atoms with van der Waals surface area (Å²) in [6, 6.07) is 6.03. The molecule has 19 heavy (non-hydrogen) atoms. The molecule has 1 aliphatic carbocycles. The van der Waals surface area contributed by atoms with E-state index in [1.165, 1.54) is 18.4 Å². The highest BCUT2D eigenvalue weighted by Crippen LogP contribution is 2.32. The SMILES string of the molecule is Cc1ccc(OCC(=O)NC(CN)C2CC2)c(C)c1. The van der Waals surface area contributed by atoms with Crippen LogP contribution in [0.3, 0.4) is 0 Å². The number of benzene rings is 1. The Bertz CT molecular complexity index is 455. The monoisotopic (exact) mass is 262 g/mol. The molecule has 4 heteroatoms. The normalized spacial score (nSPS) is 15.9. The molecule has 0 bridgehead atoms. The Morgan fingerprint density at radius 2 is 2.21 bits per heavy atom. The largest absolute Gasteiger partial charge is 0.484 e. The second-order valence-corrected chi connectivity index (χ2v) is 5.30. The molecule has 1 atom stereocenters. The van der Waals surface area contributed by atoms with Gasteiger partial charge in [-0.2, -0.15) is 0 Å². The number of rotatable bonds is 6. The Kier molecular flexibility index (Phi) is 4.43. The molecule has 0 aliphatic heterocycles. The summed E-state index contributed by atoms with van der Waals surface area (Å²) < 4.78 is 5.55. The van der Waals surface area contributed by atoms with Gasteiger partial charge in [-0.3, -0.25) is 4.79 Å². The number of aryl methyl sites for hydroxylation is 2. The molecule has 1 unspecified atom stereocenters. The minimum atomic E-state index is -0.0951. The van der Waals surface area contributed by atoms with Crippen molar-refractivity contribution in [3.05, 3.63) is 29.3 Å². The standard InChI is InChI=1S/C15H22N2O2/c1-10-3-6-14(11(2)7-10)19-9-15(18)17-13(8-16)12-4-5-12/h3,6-7,12-13H,4-5,8-9,16H2,1-2H3,(H,17,18). The minimum absolute atomic E-state index is 0.0487. The number of carbonyl (C=O) groups excluding carboxylic acids is 1. The maximum Gasteiger partial charge on any atom is 0.258 e. The predicted molar refractivity (Wildman–Crippen MR) is 75.1 cm³/mol. The van der Waals surface area contributed by atoms with Crippen molar-refractivity contribution in [2.75, 3.05) is 13.2 Å². The molecule has 0 aromatic heterocycles. The van der Waals surface area contributed by atoms with Gasteiger partial charge in [0.25, 0.3) is 5.91 Å². The lowest BCUT2D eigenvalue weighted by atomic mass is 10.1. The van der Waals surface area contributed by atoms with Crippen molar-refractivity contribution >= 4 is 5.91 Å². The van der Waals surface area contributed by atoms with Crippen molar-refractivity contribution in [2.24, 2.45) is 11.7 Å². The van der Waals surface area contributed by atoms with Crippen molar-refractivity contribution < 1.29 is 9.53 Å². The molecule has 0 spiro atoms. The number of hydrogen-bond acceptors (Lipinski definition) is 3. The molecule has 0 heterocycles. The van der Waals surface area contributed by atoms with E-state index >= 15 is 0 Å². The van der Waals surface area contributed by atoms with Crippen LogP contribution in [0, 0.1) is 19.8 Å². The van der Waals surface area contributed by atoms with Crippen molar-refractivity contribution in [3.63, 3.8) is 0 Å². The van der Waals surface area contributed by atoms with Gasteiger partial charge in [-0.1, -0.05) is 17.7 Å². The fraction of sp³-hybridized carbons (Fsp3) is 0.533. The molecular formula is C15H22N2O2. The van der Waals surface area contributed by atoms with Gasteiger partial charge < -0.3 is 15.8 Å². The van der Waals surface area contributed by atoms with Gasteiger partial charge in [0, 0.05) is 12.6 Å². The molecule has 2 rings (SSSR count). The van der Waals surface area contributed by atoms with Crippen LogP contribution in [0.5, 0.6) is 5.75 Å². The lowest BCUT2D eigenvalue weighted by Crippen LogP contribution is -2.43. The van der Waals surface area contributed by atoms with E-state index in [0.29, 0.717) is 12.5 Å². The first-order valence-corrected chi connectivity index (χ1v) is 6.79. The summed E-state index contributed by atoms with van der Waals surface area (Å²) in [6.07, 6.45) is 2.33. The zero-order chi connectivity index (χ0) is 13.8. The van der Waals surface area contributed by atoms with Crippen LogP contribution in [0.2, 0.25) is 0 Å². The highest BCUT2D eigenvalue weighted by molar-refractivity contribution is 5.78. The van der Waals surface area contributed by atoms with E-state index < -0.39 is 0 Å². The Morgan fingerprint density at radius 3 is 2.79 bits per heavy atom. The van der Waals surface area contributed by atoms with Crippen LogP contribution in [0.4, 0.5) is 0 Å². The van der Waals surface area contributed by atoms with Crippen LogP contribution < -0.4 is 15.8 Å². The average Bonchev–Trinajstić information content (AvgIpc) is 3.19. The summed E-state index contributed by atoms with van der Waals surface area (Å²) >= 11 is 0. The fourth-order valence-electron chi connectivity index (χ4n) is 2.22. The van der Waals surface area contributed by atoms with Crippen LogP contribution in [-0.4, -0.2) is 25.1 Å². The summed E-state index contributed by atoms with van der Waals surface area (Å²) in [5.74, 6) is 1.23. The highest BCUT2D eigenvalue weighted by atomic mass is 16.5. The van der Waals surface area contributed by atoms with E-state index in [-0.39, 0.29) is 18.6 Å². The first-order valence-electron chi connectivity index (χ1n) is 6.79. The number of nitrogens with two attached hydrogens (primary N) is 1. The molecule has 0 saturated heterocycles. The second kappa shape index (κ2) is 6.06. The third-order valence-electron chi connectivity index (χ3n) is 3.48. The number of nitrogens with one attached hydrogen (secondary N) is 1. The summed E-state index contributed by atoms with van der Waals surface area (Å²) in [7, 11) is 0. The number of carbonyl (C=O) groups is 1. The zero-order valence-electron chi connectivity index (χ0n) is 11.6. The molecule has 4 nitrogen and oxygen atoms in total. The van der Waals surface area contributed by atoms with Gasteiger partial charge >= 0.3 is 0 Å². The summed E-state index contributed by atoms with van der Waals surface area (Å²) in [5, 5.41) is 2.94. The van der Waals surface area contributed by atoms with E-state index in [1.807, 2.05) is 32.0 Å². The Morgan fingerprint density at radius 1 is 1.47 bits per heavy atom. The highest BCUT2D eigenvalue weighted by Gasteiger charge is 2.31. The van der Waals surface area contributed by atoms with Gasteiger partial charge in [0.15, 0.2) is 6.61 Å².